The Morgan fingerprint density at radius 2 is 2.06 bits per heavy atom. The van der Waals surface area contributed by atoms with Gasteiger partial charge in [-0.2, -0.15) is 5.10 Å². The van der Waals surface area contributed by atoms with Gasteiger partial charge in [-0.1, -0.05) is 30.3 Å². The third-order valence-electron chi connectivity index (χ3n) is 2.79. The summed E-state index contributed by atoms with van der Waals surface area (Å²) in [6, 6.07) is 11.7. The minimum atomic E-state index is -0.485. The molecule has 0 aliphatic heterocycles. The van der Waals surface area contributed by atoms with E-state index in [2.05, 4.69) is 15.5 Å². The zero-order chi connectivity index (χ0) is 12.1. The molecule has 4 heteroatoms. The largest absolute Gasteiger partial charge is 0.387 e. The highest BCUT2D eigenvalue weighted by Gasteiger charge is 2.10. The van der Waals surface area contributed by atoms with Crippen molar-refractivity contribution >= 4 is 0 Å². The van der Waals surface area contributed by atoms with E-state index in [0.717, 1.165) is 11.3 Å². The van der Waals surface area contributed by atoms with Gasteiger partial charge in [-0.15, -0.1) is 0 Å². The minimum absolute atomic E-state index is 0.149. The van der Waals surface area contributed by atoms with Crippen LogP contribution in [0.2, 0.25) is 0 Å². The van der Waals surface area contributed by atoms with Gasteiger partial charge < -0.3 is 10.4 Å². The molecule has 17 heavy (non-hydrogen) atoms. The van der Waals surface area contributed by atoms with E-state index in [-0.39, 0.29) is 6.04 Å². The molecule has 0 radical (unpaired) electrons. The van der Waals surface area contributed by atoms with Crippen molar-refractivity contribution in [1.29, 1.82) is 0 Å². The number of aliphatic hydroxyl groups is 1. The predicted molar refractivity (Wildman–Crippen MR) is 66.4 cm³/mol. The van der Waals surface area contributed by atoms with Crippen molar-refractivity contribution < 1.29 is 5.11 Å². The average Bonchev–Trinajstić information content (AvgIpc) is 2.90. The van der Waals surface area contributed by atoms with Gasteiger partial charge in [-0.05, 0) is 18.6 Å². The molecule has 2 unspecified atom stereocenters. The van der Waals surface area contributed by atoms with E-state index >= 15 is 0 Å². The van der Waals surface area contributed by atoms with Gasteiger partial charge in [0.1, 0.15) is 0 Å². The monoisotopic (exact) mass is 231 g/mol. The second kappa shape index (κ2) is 5.61. The summed E-state index contributed by atoms with van der Waals surface area (Å²) < 4.78 is 0. The maximum absolute atomic E-state index is 9.98. The van der Waals surface area contributed by atoms with Crippen molar-refractivity contribution in [2.45, 2.75) is 19.1 Å². The van der Waals surface area contributed by atoms with Gasteiger partial charge in [0.05, 0.1) is 11.8 Å². The first-order valence-electron chi connectivity index (χ1n) is 5.73. The number of nitrogens with zero attached hydrogens (tertiary/aromatic N) is 1. The normalized spacial score (nSPS) is 14.5. The molecule has 1 aromatic heterocycles. The summed E-state index contributed by atoms with van der Waals surface area (Å²) in [5, 5.41) is 20.0. The Kier molecular flexibility index (Phi) is 3.90. The first kappa shape index (κ1) is 11.8. The lowest BCUT2D eigenvalue weighted by molar-refractivity contribution is 0.170. The topological polar surface area (TPSA) is 60.9 Å². The Hall–Kier alpha value is -1.65. The number of H-pyrrole nitrogens is 1. The van der Waals surface area contributed by atoms with Gasteiger partial charge in [-0.25, -0.2) is 0 Å². The van der Waals surface area contributed by atoms with Crippen molar-refractivity contribution in [3.05, 3.63) is 53.9 Å². The number of aliphatic hydroxyl groups excluding tert-OH is 1. The van der Waals surface area contributed by atoms with Gasteiger partial charge in [0.25, 0.3) is 0 Å². The molecule has 0 spiro atoms. The molecule has 2 atom stereocenters. The molecule has 0 saturated heterocycles. The standard InChI is InChI=1S/C13H17N3O/c1-10(12-7-8-15-16-12)14-9-13(17)11-5-3-2-4-6-11/h2-8,10,13-14,17H,9H2,1H3,(H,15,16). The van der Waals surface area contributed by atoms with Crippen LogP contribution in [0, 0.1) is 0 Å². The number of aromatic nitrogens is 2. The molecule has 2 aromatic rings. The number of benzene rings is 1. The molecule has 0 aliphatic rings. The van der Waals surface area contributed by atoms with Gasteiger partial charge in [-0.3, -0.25) is 5.10 Å². The van der Waals surface area contributed by atoms with Gasteiger partial charge in [0, 0.05) is 18.8 Å². The Bertz CT molecular complexity index is 427. The fourth-order valence-electron chi connectivity index (χ4n) is 1.70. The molecule has 2 rings (SSSR count). The lowest BCUT2D eigenvalue weighted by atomic mass is 10.1. The van der Waals surface area contributed by atoms with Crippen molar-refractivity contribution in [2.24, 2.45) is 0 Å². The van der Waals surface area contributed by atoms with Crippen molar-refractivity contribution in [2.75, 3.05) is 6.54 Å². The number of nitrogens with one attached hydrogen (secondary N) is 2. The van der Waals surface area contributed by atoms with E-state index in [1.807, 2.05) is 43.3 Å². The van der Waals surface area contributed by atoms with E-state index in [1.54, 1.807) is 6.20 Å². The van der Waals surface area contributed by atoms with E-state index in [4.69, 9.17) is 0 Å². The lowest BCUT2D eigenvalue weighted by Gasteiger charge is -2.16. The molecule has 0 fully saturated rings. The van der Waals surface area contributed by atoms with Gasteiger partial charge in [0.15, 0.2) is 0 Å². The summed E-state index contributed by atoms with van der Waals surface area (Å²) in [6.45, 7) is 2.55. The van der Waals surface area contributed by atoms with E-state index in [9.17, 15) is 5.11 Å². The molecular formula is C13H17N3O. The van der Waals surface area contributed by atoms with E-state index < -0.39 is 6.10 Å². The van der Waals surface area contributed by atoms with Crippen LogP contribution in [0.5, 0.6) is 0 Å². The van der Waals surface area contributed by atoms with Crippen LogP contribution in [0.15, 0.2) is 42.6 Å². The molecule has 0 bridgehead atoms. The third-order valence-corrected chi connectivity index (χ3v) is 2.79. The van der Waals surface area contributed by atoms with Crippen LogP contribution >= 0.6 is 0 Å². The maximum atomic E-state index is 9.98. The number of hydrogen-bond acceptors (Lipinski definition) is 3. The van der Waals surface area contributed by atoms with Crippen molar-refractivity contribution in [3.63, 3.8) is 0 Å². The quantitative estimate of drug-likeness (QED) is 0.735. The molecule has 4 nitrogen and oxygen atoms in total. The van der Waals surface area contributed by atoms with Crippen molar-refractivity contribution in [1.82, 2.24) is 15.5 Å². The second-order valence-corrected chi connectivity index (χ2v) is 4.07. The fraction of sp³-hybridized carbons (Fsp3) is 0.308. The summed E-state index contributed by atoms with van der Waals surface area (Å²) >= 11 is 0. The first-order valence-corrected chi connectivity index (χ1v) is 5.73. The predicted octanol–water partition coefficient (Wildman–Crippen LogP) is 1.79. The molecule has 0 saturated carbocycles. The zero-order valence-corrected chi connectivity index (χ0v) is 9.80. The van der Waals surface area contributed by atoms with Gasteiger partial charge in [0.2, 0.25) is 0 Å². The third kappa shape index (κ3) is 3.15. The van der Waals surface area contributed by atoms with Crippen LogP contribution in [0.1, 0.15) is 30.3 Å². The molecule has 1 heterocycles. The lowest BCUT2D eigenvalue weighted by Crippen LogP contribution is -2.24. The highest BCUT2D eigenvalue weighted by molar-refractivity contribution is 5.17. The fourth-order valence-corrected chi connectivity index (χ4v) is 1.70. The number of aromatic amines is 1. The Labute approximate surface area is 101 Å². The van der Waals surface area contributed by atoms with Crippen LogP contribution in [-0.4, -0.2) is 21.8 Å². The maximum Gasteiger partial charge on any atom is 0.0914 e. The van der Waals surface area contributed by atoms with E-state index in [0.29, 0.717) is 6.54 Å². The first-order chi connectivity index (χ1) is 8.27. The van der Waals surface area contributed by atoms with Crippen LogP contribution in [0.25, 0.3) is 0 Å². The number of hydrogen-bond donors (Lipinski definition) is 3. The SMILES string of the molecule is CC(NCC(O)c1ccccc1)c1ccn[nH]1. The van der Waals surface area contributed by atoms with Crippen LogP contribution < -0.4 is 5.32 Å². The van der Waals surface area contributed by atoms with Crippen LogP contribution in [0.4, 0.5) is 0 Å². The molecule has 3 N–H and O–H groups in total. The van der Waals surface area contributed by atoms with Crippen LogP contribution in [-0.2, 0) is 0 Å². The Morgan fingerprint density at radius 3 is 2.71 bits per heavy atom. The molecular weight excluding hydrogens is 214 g/mol. The molecule has 0 amide bonds. The van der Waals surface area contributed by atoms with Gasteiger partial charge >= 0.3 is 0 Å². The summed E-state index contributed by atoms with van der Waals surface area (Å²) in [5.41, 5.74) is 1.95. The molecule has 90 valence electrons. The second-order valence-electron chi connectivity index (χ2n) is 4.07. The zero-order valence-electron chi connectivity index (χ0n) is 9.80. The van der Waals surface area contributed by atoms with Crippen molar-refractivity contribution in [3.8, 4) is 0 Å². The van der Waals surface area contributed by atoms with Crippen LogP contribution in [0.3, 0.4) is 0 Å². The summed E-state index contributed by atoms with van der Waals surface area (Å²) in [7, 11) is 0. The molecule has 0 aliphatic carbocycles. The minimum Gasteiger partial charge on any atom is -0.387 e. The Balaban J connectivity index is 1.86. The highest BCUT2D eigenvalue weighted by Crippen LogP contribution is 2.13. The number of rotatable bonds is 5. The summed E-state index contributed by atoms with van der Waals surface area (Å²) in [6.07, 6.45) is 1.24. The summed E-state index contributed by atoms with van der Waals surface area (Å²) in [4.78, 5) is 0. The smallest absolute Gasteiger partial charge is 0.0914 e. The average molecular weight is 231 g/mol. The Morgan fingerprint density at radius 1 is 1.29 bits per heavy atom. The van der Waals surface area contributed by atoms with E-state index in [1.165, 1.54) is 0 Å². The highest BCUT2D eigenvalue weighted by atomic mass is 16.3. The summed E-state index contributed by atoms with van der Waals surface area (Å²) in [5.74, 6) is 0. The molecule has 1 aromatic carbocycles.